The van der Waals surface area contributed by atoms with E-state index in [9.17, 15) is 26.8 Å². The monoisotopic (exact) mass is 809 g/mol. The number of amides is 1. The zero-order valence-corrected chi connectivity index (χ0v) is 33.0. The van der Waals surface area contributed by atoms with Gasteiger partial charge in [-0.1, -0.05) is 23.7 Å². The van der Waals surface area contributed by atoms with E-state index in [1.54, 1.807) is 52.1 Å². The summed E-state index contributed by atoms with van der Waals surface area (Å²) < 4.78 is 75.7. The fraction of sp³-hybridized carbons (Fsp3) is 0.289. The number of anilines is 1. The summed E-state index contributed by atoms with van der Waals surface area (Å²) in [6.45, 7) is 4.84. The fourth-order valence-corrected chi connectivity index (χ4v) is 7.27. The number of nitrogens with one attached hydrogen (secondary N) is 1. The van der Waals surface area contributed by atoms with E-state index in [2.05, 4.69) is 15.4 Å². The number of methoxy groups -OCH3 is 2. The van der Waals surface area contributed by atoms with Gasteiger partial charge in [-0.25, -0.2) is 31.3 Å². The molecule has 1 atom stereocenters. The van der Waals surface area contributed by atoms with E-state index < -0.39 is 45.0 Å². The zero-order valence-electron chi connectivity index (χ0n) is 31.4. The van der Waals surface area contributed by atoms with Gasteiger partial charge in [-0.15, -0.1) is 0 Å². The van der Waals surface area contributed by atoms with E-state index in [-0.39, 0.29) is 68.7 Å². The molecular formula is C38H38ClF2N7O7S. The SMILES string of the molecule is COc1ccc(CN(c2nn(C)c3c(-n4c([C@H](Cc5cc(F)cc(F)c5)NC(=O)OC(C)(C)C)nc5nc(OC)ccc5c4=O)ccc(Cl)c23)S(C)(=O)=O)cc1. The number of benzene rings is 3. The number of aromatic nitrogens is 5. The van der Waals surface area contributed by atoms with Crippen molar-refractivity contribution in [3.63, 3.8) is 0 Å². The number of hydrogen-bond donors (Lipinski definition) is 1. The van der Waals surface area contributed by atoms with Gasteiger partial charge >= 0.3 is 6.09 Å². The van der Waals surface area contributed by atoms with Gasteiger partial charge in [-0.3, -0.25) is 14.0 Å². The molecule has 18 heteroatoms. The Hall–Kier alpha value is -5.81. The molecule has 0 bridgehead atoms. The van der Waals surface area contributed by atoms with Crippen LogP contribution in [-0.4, -0.2) is 64.9 Å². The quantitative estimate of drug-likeness (QED) is 0.155. The molecule has 1 N–H and O–H groups in total. The summed E-state index contributed by atoms with van der Waals surface area (Å²) in [7, 11) is 0.464. The maximum absolute atomic E-state index is 14.8. The number of ether oxygens (including phenoxy) is 3. The van der Waals surface area contributed by atoms with Crippen LogP contribution in [0.5, 0.6) is 11.6 Å². The van der Waals surface area contributed by atoms with Crippen LogP contribution in [0.15, 0.2) is 71.5 Å². The third-order valence-electron chi connectivity index (χ3n) is 8.57. The largest absolute Gasteiger partial charge is 0.497 e. The van der Waals surface area contributed by atoms with Crippen LogP contribution in [0.1, 0.15) is 43.8 Å². The molecule has 0 spiro atoms. The van der Waals surface area contributed by atoms with E-state index in [1.807, 2.05) is 0 Å². The molecule has 0 aliphatic heterocycles. The van der Waals surface area contributed by atoms with Crippen LogP contribution in [0, 0.1) is 11.6 Å². The minimum Gasteiger partial charge on any atom is -0.497 e. The average Bonchev–Trinajstić information content (AvgIpc) is 3.46. The number of aryl methyl sites for hydroxylation is 1. The van der Waals surface area contributed by atoms with E-state index in [4.69, 9.17) is 30.8 Å². The summed E-state index contributed by atoms with van der Waals surface area (Å²) in [4.78, 5) is 37.3. The van der Waals surface area contributed by atoms with Crippen molar-refractivity contribution >= 4 is 55.5 Å². The highest BCUT2D eigenvalue weighted by atomic mass is 35.5. The standard InChI is InChI=1S/C38H38ClF2N7O7S/c1-38(2,3)55-37(50)42-28(18-22-16-23(40)19-24(41)17-22)34-44-33-26(12-15-30(43-33)54-6)36(49)48(34)29-14-13-27(39)31-32(29)46(4)45-35(31)47(56(7,51)52)20-21-8-10-25(53-5)11-9-21/h8-17,19,28H,18,20H2,1-7H3,(H,42,50)/t28-/m0/s1. The molecule has 0 saturated carbocycles. The van der Waals surface area contributed by atoms with Gasteiger partial charge in [0.15, 0.2) is 11.5 Å². The normalized spacial score (nSPS) is 12.5. The lowest BCUT2D eigenvalue weighted by molar-refractivity contribution is 0.0500. The number of pyridine rings is 1. The highest BCUT2D eigenvalue weighted by Gasteiger charge is 2.31. The molecule has 0 fully saturated rings. The van der Waals surface area contributed by atoms with Crippen molar-refractivity contribution in [1.29, 1.82) is 0 Å². The highest BCUT2D eigenvalue weighted by molar-refractivity contribution is 7.92. The first kappa shape index (κ1) is 39.9. The smallest absolute Gasteiger partial charge is 0.408 e. The van der Waals surface area contributed by atoms with Crippen LogP contribution in [-0.2, 0) is 34.8 Å². The highest BCUT2D eigenvalue weighted by Crippen LogP contribution is 2.38. The first-order valence-electron chi connectivity index (χ1n) is 17.0. The summed E-state index contributed by atoms with van der Waals surface area (Å²) in [6, 6.07) is 14.4. The Bertz CT molecular complexity index is 2630. The van der Waals surface area contributed by atoms with Gasteiger partial charge in [-0.2, -0.15) is 10.1 Å². The number of sulfonamides is 1. The molecule has 3 heterocycles. The summed E-state index contributed by atoms with van der Waals surface area (Å²) in [5.74, 6) is -1.16. The topological polar surface area (TPSA) is 160 Å². The first-order chi connectivity index (χ1) is 26.4. The molecule has 0 radical (unpaired) electrons. The van der Waals surface area contributed by atoms with Crippen LogP contribution >= 0.6 is 11.6 Å². The van der Waals surface area contributed by atoms with Crippen LogP contribution in [0.4, 0.5) is 19.4 Å². The fourth-order valence-electron chi connectivity index (χ4n) is 6.21. The van der Waals surface area contributed by atoms with Gasteiger partial charge in [0.1, 0.15) is 28.8 Å². The molecule has 6 rings (SSSR count). The number of halogens is 3. The van der Waals surface area contributed by atoms with Crippen molar-refractivity contribution in [2.75, 3.05) is 24.8 Å². The van der Waals surface area contributed by atoms with Gasteiger partial charge in [0.05, 0.1) is 60.1 Å². The van der Waals surface area contributed by atoms with E-state index in [0.717, 1.165) is 22.7 Å². The molecule has 56 heavy (non-hydrogen) atoms. The van der Waals surface area contributed by atoms with Gasteiger partial charge in [0.25, 0.3) is 5.56 Å². The van der Waals surface area contributed by atoms with Crippen LogP contribution in [0.2, 0.25) is 5.02 Å². The Balaban J connectivity index is 1.64. The molecule has 3 aromatic carbocycles. The minimum atomic E-state index is -4.00. The van der Waals surface area contributed by atoms with Crippen LogP contribution in [0.25, 0.3) is 27.6 Å². The maximum Gasteiger partial charge on any atom is 0.408 e. The van der Waals surface area contributed by atoms with Crippen molar-refractivity contribution in [2.45, 2.75) is 45.4 Å². The lowest BCUT2D eigenvalue weighted by atomic mass is 10.0. The second-order valence-electron chi connectivity index (χ2n) is 13.9. The predicted molar refractivity (Wildman–Crippen MR) is 207 cm³/mol. The Morgan fingerprint density at radius 3 is 2.25 bits per heavy atom. The number of fused-ring (bicyclic) bond motifs is 2. The predicted octanol–water partition coefficient (Wildman–Crippen LogP) is 6.39. The first-order valence-corrected chi connectivity index (χ1v) is 19.3. The van der Waals surface area contributed by atoms with Gasteiger partial charge in [0, 0.05) is 25.6 Å². The summed E-state index contributed by atoms with van der Waals surface area (Å²) in [6.07, 6.45) is -0.147. The molecule has 6 aromatic rings. The van der Waals surface area contributed by atoms with Gasteiger partial charge < -0.3 is 19.5 Å². The van der Waals surface area contributed by atoms with Crippen LogP contribution < -0.4 is 24.7 Å². The van der Waals surface area contributed by atoms with Crippen molar-refractivity contribution in [1.82, 2.24) is 29.6 Å². The molecule has 3 aromatic heterocycles. The zero-order chi connectivity index (χ0) is 40.7. The minimum absolute atomic E-state index is 0.0268. The Morgan fingerprint density at radius 2 is 1.64 bits per heavy atom. The number of carbonyl (C=O) groups is 1. The molecule has 0 aliphatic carbocycles. The number of hydrogen-bond acceptors (Lipinski definition) is 10. The van der Waals surface area contributed by atoms with Crippen molar-refractivity contribution in [3.05, 3.63) is 111 Å². The second kappa shape index (κ2) is 15.4. The third-order valence-corrected chi connectivity index (χ3v) is 9.98. The summed E-state index contributed by atoms with van der Waals surface area (Å²) >= 11 is 6.85. The molecular weight excluding hydrogens is 772 g/mol. The van der Waals surface area contributed by atoms with Gasteiger partial charge in [0.2, 0.25) is 15.9 Å². The molecule has 294 valence electrons. The number of nitrogens with zero attached hydrogens (tertiary/aromatic N) is 6. The molecule has 0 saturated heterocycles. The maximum atomic E-state index is 14.8. The number of carbonyl (C=O) groups excluding carboxylic acids is 1. The average molecular weight is 810 g/mol. The molecule has 0 aliphatic rings. The summed E-state index contributed by atoms with van der Waals surface area (Å²) in [5.41, 5.74) is -0.575. The number of rotatable bonds is 11. The summed E-state index contributed by atoms with van der Waals surface area (Å²) in [5, 5.41) is 7.69. The molecule has 14 nitrogen and oxygen atoms in total. The Morgan fingerprint density at radius 1 is 0.964 bits per heavy atom. The third kappa shape index (κ3) is 8.38. The molecule has 1 amide bonds. The number of alkyl carbamates (subject to hydrolysis) is 1. The van der Waals surface area contributed by atoms with Crippen molar-refractivity contribution in [3.8, 4) is 17.3 Å². The van der Waals surface area contributed by atoms with Crippen molar-refractivity contribution in [2.24, 2.45) is 7.05 Å². The van der Waals surface area contributed by atoms with E-state index in [0.29, 0.717) is 17.4 Å². The molecule has 0 unspecified atom stereocenters. The Kier molecular flexibility index (Phi) is 10.9. The van der Waals surface area contributed by atoms with E-state index in [1.165, 1.54) is 47.7 Å². The Labute approximate surface area is 325 Å². The second-order valence-corrected chi connectivity index (χ2v) is 16.2. The lowest BCUT2D eigenvalue weighted by Crippen LogP contribution is -2.39. The van der Waals surface area contributed by atoms with E-state index >= 15 is 0 Å². The van der Waals surface area contributed by atoms with Crippen LogP contribution in [0.3, 0.4) is 0 Å². The van der Waals surface area contributed by atoms with Gasteiger partial charge in [-0.05, 0) is 74.4 Å². The van der Waals surface area contributed by atoms with Crippen molar-refractivity contribution < 1.29 is 36.2 Å². The lowest BCUT2D eigenvalue weighted by Gasteiger charge is -2.26.